The van der Waals surface area contributed by atoms with Crippen molar-refractivity contribution in [1.82, 2.24) is 5.06 Å². The normalized spacial score (nSPS) is 10.8. The van der Waals surface area contributed by atoms with Gasteiger partial charge in [0.2, 0.25) is 0 Å². The molecule has 2 nitrogen and oxygen atoms in total. The van der Waals surface area contributed by atoms with Gasteiger partial charge >= 0.3 is 0 Å². The second-order valence-corrected chi connectivity index (χ2v) is 3.32. The Balaban J connectivity index is 2.86. The van der Waals surface area contributed by atoms with Crippen LogP contribution in [0.25, 0.3) is 0 Å². The molecule has 0 saturated heterocycles. The molecule has 0 heterocycles. The van der Waals surface area contributed by atoms with Crippen LogP contribution >= 0.6 is 11.6 Å². The van der Waals surface area contributed by atoms with Crippen LogP contribution in [-0.2, 0) is 6.54 Å². The fourth-order valence-electron chi connectivity index (χ4n) is 1.08. The third kappa shape index (κ3) is 2.48. The average Bonchev–Trinajstić information content (AvgIpc) is 1.94. The maximum Gasteiger partial charge on any atom is 0.0488 e. The van der Waals surface area contributed by atoms with Gasteiger partial charge in [-0.1, -0.05) is 17.7 Å². The zero-order chi connectivity index (χ0) is 9.14. The largest absolute Gasteiger partial charge is 0.314 e. The molecule has 0 aliphatic carbocycles. The molecule has 1 aromatic carbocycles. The number of halogens is 1. The number of hydrogen-bond acceptors (Lipinski definition) is 2. The van der Waals surface area contributed by atoms with Gasteiger partial charge in [-0.2, -0.15) is 5.06 Å². The molecule has 0 amide bonds. The summed E-state index contributed by atoms with van der Waals surface area (Å²) in [5.74, 6) is 0. The summed E-state index contributed by atoms with van der Waals surface area (Å²) in [6.45, 7) is 2.51. The summed E-state index contributed by atoms with van der Waals surface area (Å²) in [4.78, 5) is 0. The van der Waals surface area contributed by atoms with E-state index in [4.69, 9.17) is 16.8 Å². The molecule has 1 N–H and O–H groups in total. The molecule has 0 saturated carbocycles. The Hall–Kier alpha value is -0.570. The third-order valence-corrected chi connectivity index (χ3v) is 1.94. The Kier molecular flexibility index (Phi) is 3.09. The lowest BCUT2D eigenvalue weighted by Crippen LogP contribution is -2.12. The molecule has 0 fully saturated rings. The standard InChI is InChI=1S/C9H12ClNO/c1-7-5-9(10)4-3-8(7)6-11(2)12/h3-5,12H,6H2,1-2H3. The highest BCUT2D eigenvalue weighted by Crippen LogP contribution is 2.15. The van der Waals surface area contributed by atoms with E-state index in [1.807, 2.05) is 25.1 Å². The number of benzene rings is 1. The van der Waals surface area contributed by atoms with Crippen molar-refractivity contribution in [3.05, 3.63) is 34.3 Å². The molecule has 0 aliphatic heterocycles. The molecular weight excluding hydrogens is 174 g/mol. The van der Waals surface area contributed by atoms with Crippen molar-refractivity contribution in [2.24, 2.45) is 0 Å². The summed E-state index contributed by atoms with van der Waals surface area (Å²) >= 11 is 5.78. The van der Waals surface area contributed by atoms with Crippen LogP contribution in [0.15, 0.2) is 18.2 Å². The lowest BCUT2D eigenvalue weighted by atomic mass is 10.1. The molecule has 12 heavy (non-hydrogen) atoms. The molecular formula is C9H12ClNO. The summed E-state index contributed by atoms with van der Waals surface area (Å²) in [5.41, 5.74) is 2.19. The Labute approximate surface area is 77.3 Å². The minimum atomic E-state index is 0.531. The highest BCUT2D eigenvalue weighted by atomic mass is 35.5. The Morgan fingerprint density at radius 1 is 1.50 bits per heavy atom. The van der Waals surface area contributed by atoms with Gasteiger partial charge in [-0.15, -0.1) is 0 Å². The van der Waals surface area contributed by atoms with Gasteiger partial charge < -0.3 is 5.21 Å². The van der Waals surface area contributed by atoms with Gasteiger partial charge in [0.15, 0.2) is 0 Å². The monoisotopic (exact) mass is 185 g/mol. The fourth-order valence-corrected chi connectivity index (χ4v) is 1.31. The van der Waals surface area contributed by atoms with Crippen LogP contribution < -0.4 is 0 Å². The zero-order valence-corrected chi connectivity index (χ0v) is 7.97. The highest BCUT2D eigenvalue weighted by molar-refractivity contribution is 6.30. The first-order valence-corrected chi connectivity index (χ1v) is 4.12. The number of hydrogen-bond donors (Lipinski definition) is 1. The van der Waals surface area contributed by atoms with E-state index >= 15 is 0 Å². The van der Waals surface area contributed by atoms with E-state index in [0.717, 1.165) is 21.2 Å². The van der Waals surface area contributed by atoms with Crippen molar-refractivity contribution in [3.63, 3.8) is 0 Å². The van der Waals surface area contributed by atoms with Crippen molar-refractivity contribution in [2.75, 3.05) is 7.05 Å². The van der Waals surface area contributed by atoms with Gasteiger partial charge in [0.05, 0.1) is 0 Å². The Morgan fingerprint density at radius 2 is 2.17 bits per heavy atom. The number of aryl methyl sites for hydroxylation is 1. The molecule has 66 valence electrons. The second-order valence-electron chi connectivity index (χ2n) is 2.89. The van der Waals surface area contributed by atoms with E-state index in [0.29, 0.717) is 6.54 Å². The summed E-state index contributed by atoms with van der Waals surface area (Å²) < 4.78 is 0. The van der Waals surface area contributed by atoms with E-state index in [-0.39, 0.29) is 0 Å². The zero-order valence-electron chi connectivity index (χ0n) is 7.21. The molecule has 0 aliphatic rings. The first-order chi connectivity index (χ1) is 5.59. The van der Waals surface area contributed by atoms with Crippen LogP contribution in [0, 0.1) is 6.92 Å². The van der Waals surface area contributed by atoms with E-state index in [2.05, 4.69) is 0 Å². The number of rotatable bonds is 2. The summed E-state index contributed by atoms with van der Waals surface area (Å²) in [6.07, 6.45) is 0. The van der Waals surface area contributed by atoms with Crippen LogP contribution in [0.3, 0.4) is 0 Å². The summed E-state index contributed by atoms with van der Waals surface area (Å²) in [5, 5.41) is 10.9. The molecule has 0 atom stereocenters. The quantitative estimate of drug-likeness (QED) is 0.716. The van der Waals surface area contributed by atoms with E-state index in [9.17, 15) is 0 Å². The molecule has 0 radical (unpaired) electrons. The Morgan fingerprint density at radius 3 is 2.67 bits per heavy atom. The first-order valence-electron chi connectivity index (χ1n) is 3.74. The minimum absolute atomic E-state index is 0.531. The van der Waals surface area contributed by atoms with Gasteiger partial charge in [0.1, 0.15) is 0 Å². The maximum atomic E-state index is 9.00. The van der Waals surface area contributed by atoms with Crippen molar-refractivity contribution in [1.29, 1.82) is 0 Å². The van der Waals surface area contributed by atoms with Crippen LogP contribution in [0.4, 0.5) is 0 Å². The average molecular weight is 186 g/mol. The van der Waals surface area contributed by atoms with Crippen LogP contribution in [0.5, 0.6) is 0 Å². The lowest BCUT2D eigenvalue weighted by molar-refractivity contribution is -0.0732. The molecule has 1 aromatic rings. The van der Waals surface area contributed by atoms with Gasteiger partial charge in [0.25, 0.3) is 0 Å². The predicted octanol–water partition coefficient (Wildman–Crippen LogP) is 2.47. The van der Waals surface area contributed by atoms with Crippen LogP contribution in [0.2, 0.25) is 5.02 Å². The van der Waals surface area contributed by atoms with Crippen molar-refractivity contribution < 1.29 is 5.21 Å². The SMILES string of the molecule is Cc1cc(Cl)ccc1CN(C)O. The molecule has 0 bridgehead atoms. The number of nitrogens with zero attached hydrogens (tertiary/aromatic N) is 1. The molecule has 3 heteroatoms. The Bertz CT molecular complexity index is 273. The maximum absolute atomic E-state index is 9.00. The third-order valence-electron chi connectivity index (χ3n) is 1.70. The lowest BCUT2D eigenvalue weighted by Gasteiger charge is -2.10. The summed E-state index contributed by atoms with van der Waals surface area (Å²) in [6, 6.07) is 5.64. The number of hydroxylamine groups is 2. The van der Waals surface area contributed by atoms with E-state index in [1.165, 1.54) is 0 Å². The second kappa shape index (κ2) is 3.90. The van der Waals surface area contributed by atoms with Gasteiger partial charge in [-0.05, 0) is 30.2 Å². The van der Waals surface area contributed by atoms with Crippen molar-refractivity contribution in [2.45, 2.75) is 13.5 Å². The molecule has 0 unspecified atom stereocenters. The van der Waals surface area contributed by atoms with Gasteiger partial charge in [-0.3, -0.25) is 0 Å². The van der Waals surface area contributed by atoms with E-state index in [1.54, 1.807) is 7.05 Å². The molecule has 1 rings (SSSR count). The highest BCUT2D eigenvalue weighted by Gasteiger charge is 2.00. The van der Waals surface area contributed by atoms with Gasteiger partial charge in [-0.25, -0.2) is 0 Å². The smallest absolute Gasteiger partial charge is 0.0488 e. The molecule has 0 spiro atoms. The first kappa shape index (κ1) is 9.52. The predicted molar refractivity (Wildman–Crippen MR) is 49.4 cm³/mol. The van der Waals surface area contributed by atoms with E-state index < -0.39 is 0 Å². The van der Waals surface area contributed by atoms with Crippen LogP contribution in [0.1, 0.15) is 11.1 Å². The minimum Gasteiger partial charge on any atom is -0.314 e. The fraction of sp³-hybridized carbons (Fsp3) is 0.333. The van der Waals surface area contributed by atoms with Gasteiger partial charge in [0, 0.05) is 18.6 Å². The van der Waals surface area contributed by atoms with Crippen molar-refractivity contribution >= 4 is 11.6 Å². The molecule has 0 aromatic heterocycles. The summed E-state index contributed by atoms with van der Waals surface area (Å²) in [7, 11) is 1.62. The van der Waals surface area contributed by atoms with Crippen LogP contribution in [-0.4, -0.2) is 17.3 Å². The topological polar surface area (TPSA) is 23.5 Å². The van der Waals surface area contributed by atoms with Crippen molar-refractivity contribution in [3.8, 4) is 0 Å².